The molecule has 0 atom stereocenters. The molecular formula is C24H31NO8. The predicted octanol–water partition coefficient (Wildman–Crippen LogP) is 1.92. The average Bonchev–Trinajstić information content (AvgIpc) is 2.80. The lowest BCUT2D eigenvalue weighted by atomic mass is 9.89. The number of rotatable bonds is 12. The highest BCUT2D eigenvalue weighted by atomic mass is 16.5. The fourth-order valence-corrected chi connectivity index (χ4v) is 3.66. The van der Waals surface area contributed by atoms with Crippen LogP contribution >= 0.6 is 0 Å². The van der Waals surface area contributed by atoms with Crippen molar-refractivity contribution in [2.24, 2.45) is 0 Å². The summed E-state index contributed by atoms with van der Waals surface area (Å²) < 4.78 is 15.5. The summed E-state index contributed by atoms with van der Waals surface area (Å²) in [4.78, 5) is 27.9. The number of hydrogen-bond donors (Lipinski definition) is 3. The van der Waals surface area contributed by atoms with Gasteiger partial charge < -0.3 is 34.4 Å². The van der Waals surface area contributed by atoms with E-state index in [0.29, 0.717) is 23.5 Å². The van der Waals surface area contributed by atoms with Gasteiger partial charge in [0, 0.05) is 31.8 Å². The second-order valence-electron chi connectivity index (χ2n) is 7.27. The largest absolute Gasteiger partial charge is 0.508 e. The van der Waals surface area contributed by atoms with Crippen LogP contribution in [0.1, 0.15) is 34.0 Å². The molecule has 0 aliphatic rings. The summed E-state index contributed by atoms with van der Waals surface area (Å²) in [6.07, 6.45) is 0.0855. The number of hydrogen-bond acceptors (Lipinski definition) is 8. The second-order valence-corrected chi connectivity index (χ2v) is 7.27. The minimum absolute atomic E-state index is 0.0686. The molecule has 0 aliphatic heterocycles. The standard InChI is InChI=1S/C24H31NO8/c1-5-16-17(13-22(29)25(8-10-26)9-11-31-2)23(19(28)14-18(16)27)24(30)15-6-7-20(32-3)21(12-15)33-4/h6-7,12,14,26-28H,5,8-11,13H2,1-4H3. The molecule has 9 nitrogen and oxygen atoms in total. The van der Waals surface area contributed by atoms with Gasteiger partial charge in [-0.25, -0.2) is 0 Å². The number of aliphatic hydroxyl groups excluding tert-OH is 1. The Bertz CT molecular complexity index is 989. The number of carbonyl (C=O) groups is 2. The number of benzene rings is 2. The van der Waals surface area contributed by atoms with E-state index >= 15 is 0 Å². The Kier molecular flexibility index (Phi) is 9.50. The maximum atomic E-state index is 13.5. The first-order valence-electron chi connectivity index (χ1n) is 10.5. The van der Waals surface area contributed by atoms with Crippen molar-refractivity contribution in [3.63, 3.8) is 0 Å². The molecule has 0 spiro atoms. The lowest BCUT2D eigenvalue weighted by Gasteiger charge is -2.23. The summed E-state index contributed by atoms with van der Waals surface area (Å²) in [6.45, 7) is 2.16. The zero-order valence-corrected chi connectivity index (χ0v) is 19.4. The van der Waals surface area contributed by atoms with Gasteiger partial charge in [0.25, 0.3) is 0 Å². The third-order valence-corrected chi connectivity index (χ3v) is 5.35. The number of methoxy groups -OCH3 is 3. The van der Waals surface area contributed by atoms with E-state index < -0.39 is 11.5 Å². The van der Waals surface area contributed by atoms with Gasteiger partial charge in [0.15, 0.2) is 17.3 Å². The van der Waals surface area contributed by atoms with Crippen LogP contribution in [-0.4, -0.2) is 79.5 Å². The Morgan fingerprint density at radius 1 is 0.939 bits per heavy atom. The van der Waals surface area contributed by atoms with Crippen LogP contribution in [0, 0.1) is 0 Å². The van der Waals surface area contributed by atoms with Gasteiger partial charge in [-0.2, -0.15) is 0 Å². The zero-order chi connectivity index (χ0) is 24.5. The molecule has 1 amide bonds. The molecule has 0 fully saturated rings. The number of aliphatic hydroxyl groups is 1. The Balaban J connectivity index is 2.57. The predicted molar refractivity (Wildman–Crippen MR) is 121 cm³/mol. The maximum Gasteiger partial charge on any atom is 0.227 e. The molecule has 2 aromatic carbocycles. The SMILES string of the molecule is CCc1c(O)cc(O)c(C(=O)c2ccc(OC)c(OC)c2)c1CC(=O)N(CCO)CCOC. The van der Waals surface area contributed by atoms with Gasteiger partial charge in [0.2, 0.25) is 5.91 Å². The van der Waals surface area contributed by atoms with E-state index in [0.717, 1.165) is 6.07 Å². The molecule has 33 heavy (non-hydrogen) atoms. The Morgan fingerprint density at radius 3 is 2.21 bits per heavy atom. The molecule has 2 aromatic rings. The summed E-state index contributed by atoms with van der Waals surface area (Å²) in [7, 11) is 4.42. The number of nitrogens with zero attached hydrogens (tertiary/aromatic N) is 1. The van der Waals surface area contributed by atoms with E-state index in [4.69, 9.17) is 14.2 Å². The van der Waals surface area contributed by atoms with E-state index in [1.165, 1.54) is 38.4 Å². The lowest BCUT2D eigenvalue weighted by Crippen LogP contribution is -2.37. The highest BCUT2D eigenvalue weighted by Gasteiger charge is 2.27. The molecule has 0 heterocycles. The normalized spacial score (nSPS) is 10.7. The number of ether oxygens (including phenoxy) is 3. The third-order valence-electron chi connectivity index (χ3n) is 5.35. The van der Waals surface area contributed by atoms with Crippen molar-refractivity contribution in [1.29, 1.82) is 0 Å². The van der Waals surface area contributed by atoms with Crippen molar-refractivity contribution in [1.82, 2.24) is 4.90 Å². The first kappa shape index (κ1) is 26.0. The Morgan fingerprint density at radius 2 is 1.64 bits per heavy atom. The van der Waals surface area contributed by atoms with Crippen molar-refractivity contribution in [2.75, 3.05) is 47.6 Å². The van der Waals surface area contributed by atoms with Gasteiger partial charge in [-0.05, 0) is 35.7 Å². The number of carbonyl (C=O) groups excluding carboxylic acids is 2. The highest BCUT2D eigenvalue weighted by Crippen LogP contribution is 2.36. The molecule has 180 valence electrons. The number of amides is 1. The van der Waals surface area contributed by atoms with E-state index in [9.17, 15) is 24.9 Å². The molecular weight excluding hydrogens is 430 g/mol. The van der Waals surface area contributed by atoms with Crippen molar-refractivity contribution in [3.8, 4) is 23.0 Å². The fraction of sp³-hybridized carbons (Fsp3) is 0.417. The molecule has 0 saturated carbocycles. The summed E-state index contributed by atoms with van der Waals surface area (Å²) in [5, 5.41) is 30.4. The van der Waals surface area contributed by atoms with Crippen LogP contribution in [0.2, 0.25) is 0 Å². The minimum Gasteiger partial charge on any atom is -0.508 e. The lowest BCUT2D eigenvalue weighted by molar-refractivity contribution is -0.131. The quantitative estimate of drug-likeness (QED) is 0.410. The zero-order valence-electron chi connectivity index (χ0n) is 19.4. The van der Waals surface area contributed by atoms with Gasteiger partial charge in [0.05, 0.1) is 39.4 Å². The van der Waals surface area contributed by atoms with Crippen LogP contribution < -0.4 is 9.47 Å². The summed E-state index contributed by atoms with van der Waals surface area (Å²) in [6, 6.07) is 5.70. The smallest absolute Gasteiger partial charge is 0.227 e. The van der Waals surface area contributed by atoms with Crippen LogP contribution in [0.3, 0.4) is 0 Å². The Hall–Kier alpha value is -3.30. The van der Waals surface area contributed by atoms with E-state index in [1.54, 1.807) is 13.0 Å². The maximum absolute atomic E-state index is 13.5. The molecule has 0 aromatic heterocycles. The highest BCUT2D eigenvalue weighted by molar-refractivity contribution is 6.12. The van der Waals surface area contributed by atoms with Crippen molar-refractivity contribution >= 4 is 11.7 Å². The van der Waals surface area contributed by atoms with Crippen molar-refractivity contribution in [3.05, 3.63) is 46.5 Å². The first-order chi connectivity index (χ1) is 15.8. The van der Waals surface area contributed by atoms with Crippen molar-refractivity contribution in [2.45, 2.75) is 19.8 Å². The molecule has 2 rings (SSSR count). The van der Waals surface area contributed by atoms with E-state index in [-0.39, 0.29) is 61.1 Å². The van der Waals surface area contributed by atoms with Gasteiger partial charge in [-0.3, -0.25) is 9.59 Å². The van der Waals surface area contributed by atoms with Crippen LogP contribution in [0.5, 0.6) is 23.0 Å². The van der Waals surface area contributed by atoms with Gasteiger partial charge >= 0.3 is 0 Å². The number of aromatic hydroxyl groups is 2. The Labute approximate surface area is 193 Å². The molecule has 0 aliphatic carbocycles. The summed E-state index contributed by atoms with van der Waals surface area (Å²) in [5.41, 5.74) is 0.776. The van der Waals surface area contributed by atoms with Gasteiger partial charge in [0.1, 0.15) is 11.5 Å². The molecule has 0 radical (unpaired) electrons. The monoisotopic (exact) mass is 461 g/mol. The number of phenolic OH excluding ortho intramolecular Hbond substituents is 2. The van der Waals surface area contributed by atoms with Crippen LogP contribution in [0.15, 0.2) is 24.3 Å². The van der Waals surface area contributed by atoms with Crippen LogP contribution in [0.25, 0.3) is 0 Å². The minimum atomic E-state index is -0.531. The summed E-state index contributed by atoms with van der Waals surface area (Å²) >= 11 is 0. The molecule has 0 saturated heterocycles. The third kappa shape index (κ3) is 5.94. The topological polar surface area (TPSA) is 126 Å². The fourth-order valence-electron chi connectivity index (χ4n) is 3.66. The van der Waals surface area contributed by atoms with E-state index in [2.05, 4.69) is 0 Å². The number of ketones is 1. The molecule has 9 heteroatoms. The molecule has 0 bridgehead atoms. The van der Waals surface area contributed by atoms with Crippen LogP contribution in [-0.2, 0) is 22.4 Å². The van der Waals surface area contributed by atoms with Crippen molar-refractivity contribution < 1.29 is 39.1 Å². The average molecular weight is 462 g/mol. The second kappa shape index (κ2) is 12.1. The first-order valence-corrected chi connectivity index (χ1v) is 10.5. The van der Waals surface area contributed by atoms with E-state index in [1.807, 2.05) is 0 Å². The molecule has 0 unspecified atom stereocenters. The molecule has 3 N–H and O–H groups in total. The van der Waals surface area contributed by atoms with Gasteiger partial charge in [-0.15, -0.1) is 0 Å². The van der Waals surface area contributed by atoms with Crippen LogP contribution in [0.4, 0.5) is 0 Å². The number of phenols is 2. The van der Waals surface area contributed by atoms with Gasteiger partial charge in [-0.1, -0.05) is 6.92 Å². The summed E-state index contributed by atoms with van der Waals surface area (Å²) in [5.74, 6) is -0.765.